The zero-order valence-electron chi connectivity index (χ0n) is 9.54. The fourth-order valence-electron chi connectivity index (χ4n) is 1.75. The lowest BCUT2D eigenvalue weighted by Gasteiger charge is -2.09. The minimum atomic E-state index is -0.388. The summed E-state index contributed by atoms with van der Waals surface area (Å²) in [6.07, 6.45) is 3.32. The lowest BCUT2D eigenvalue weighted by Crippen LogP contribution is -2.04. The van der Waals surface area contributed by atoms with Crippen molar-refractivity contribution in [2.75, 3.05) is 12.4 Å². The average Bonchev–Trinajstić information content (AvgIpc) is 2.74. The van der Waals surface area contributed by atoms with Crippen molar-refractivity contribution in [3.63, 3.8) is 0 Å². The van der Waals surface area contributed by atoms with Crippen molar-refractivity contribution in [3.05, 3.63) is 46.5 Å². The van der Waals surface area contributed by atoms with Crippen LogP contribution in [0.2, 0.25) is 0 Å². The van der Waals surface area contributed by atoms with E-state index in [0.717, 1.165) is 0 Å². The van der Waals surface area contributed by atoms with Crippen LogP contribution in [0.5, 0.6) is 0 Å². The Balaban J connectivity index is 2.70. The normalized spacial score (nSPS) is 10.2. The highest BCUT2D eigenvalue weighted by Crippen LogP contribution is 2.31. The van der Waals surface area contributed by atoms with Crippen LogP contribution in [-0.4, -0.2) is 21.5 Å². The summed E-state index contributed by atoms with van der Waals surface area (Å²) in [6, 6.07) is 5.15. The number of hydrogen-bond donors (Lipinski definition) is 1. The fourth-order valence-corrected chi connectivity index (χ4v) is 1.75. The molecule has 0 bridgehead atoms. The highest BCUT2D eigenvalue weighted by atomic mass is 16.6. The van der Waals surface area contributed by atoms with Gasteiger partial charge in [-0.15, -0.1) is 0 Å². The Morgan fingerprint density at radius 3 is 2.76 bits per heavy atom. The molecule has 17 heavy (non-hydrogen) atoms. The molecular weight excluding hydrogens is 220 g/mol. The molecule has 88 valence electrons. The number of imidazole rings is 1. The number of nitro benzene ring substituents is 1. The number of nitrogens with zero attached hydrogens (tertiary/aromatic N) is 3. The Bertz CT molecular complexity index is 562. The van der Waals surface area contributed by atoms with E-state index in [4.69, 9.17) is 0 Å². The minimum absolute atomic E-state index is 0.0519. The molecule has 0 aliphatic rings. The summed E-state index contributed by atoms with van der Waals surface area (Å²) in [4.78, 5) is 14.8. The molecule has 6 heteroatoms. The van der Waals surface area contributed by atoms with E-state index >= 15 is 0 Å². The Labute approximate surface area is 98.1 Å². The minimum Gasteiger partial charge on any atom is -0.382 e. The smallest absolute Gasteiger partial charge is 0.316 e. The molecule has 0 saturated heterocycles. The molecule has 1 aromatic carbocycles. The molecule has 0 fully saturated rings. The van der Waals surface area contributed by atoms with E-state index in [1.165, 1.54) is 0 Å². The maximum absolute atomic E-state index is 11.1. The molecule has 0 spiro atoms. The van der Waals surface area contributed by atoms with Crippen LogP contribution in [0.25, 0.3) is 5.69 Å². The van der Waals surface area contributed by atoms with Gasteiger partial charge in [0.2, 0.25) is 0 Å². The molecule has 0 amide bonds. The van der Waals surface area contributed by atoms with E-state index < -0.39 is 0 Å². The molecular formula is C11H12N4O2. The third-order valence-corrected chi connectivity index (χ3v) is 2.55. The van der Waals surface area contributed by atoms with E-state index in [2.05, 4.69) is 10.3 Å². The Hall–Kier alpha value is -2.37. The van der Waals surface area contributed by atoms with Crippen LogP contribution in [0.3, 0.4) is 0 Å². The van der Waals surface area contributed by atoms with Gasteiger partial charge >= 0.3 is 5.69 Å². The highest BCUT2D eigenvalue weighted by molar-refractivity contribution is 5.71. The van der Waals surface area contributed by atoms with E-state index in [1.807, 2.05) is 0 Å². The number of para-hydroxylation sites is 1. The molecule has 1 heterocycles. The van der Waals surface area contributed by atoms with Crippen molar-refractivity contribution < 1.29 is 4.92 Å². The van der Waals surface area contributed by atoms with Crippen LogP contribution in [0.15, 0.2) is 30.6 Å². The Morgan fingerprint density at radius 2 is 2.24 bits per heavy atom. The predicted molar refractivity (Wildman–Crippen MR) is 64.5 cm³/mol. The van der Waals surface area contributed by atoms with Crippen LogP contribution in [0, 0.1) is 17.0 Å². The van der Waals surface area contributed by atoms with E-state index in [0.29, 0.717) is 17.2 Å². The second-order valence-corrected chi connectivity index (χ2v) is 3.52. The van der Waals surface area contributed by atoms with E-state index in [9.17, 15) is 10.1 Å². The first kappa shape index (κ1) is 11.1. The third-order valence-electron chi connectivity index (χ3n) is 2.55. The van der Waals surface area contributed by atoms with Crippen molar-refractivity contribution in [1.29, 1.82) is 0 Å². The number of benzene rings is 1. The van der Waals surface area contributed by atoms with Gasteiger partial charge in [0.1, 0.15) is 17.2 Å². The monoisotopic (exact) mass is 232 g/mol. The zero-order valence-corrected chi connectivity index (χ0v) is 9.54. The highest BCUT2D eigenvalue weighted by Gasteiger charge is 2.20. The molecule has 1 aromatic heterocycles. The molecule has 0 unspecified atom stereocenters. The summed E-state index contributed by atoms with van der Waals surface area (Å²) in [7, 11) is 1.66. The summed E-state index contributed by atoms with van der Waals surface area (Å²) < 4.78 is 1.69. The standard InChI is InChI=1S/C11H12N4O2/c1-8-13-6-7-14(8)10-5-3-4-9(12-2)11(10)15(16)17/h3-7,12H,1-2H3. The van der Waals surface area contributed by atoms with Crippen LogP contribution in [0.4, 0.5) is 11.4 Å². The summed E-state index contributed by atoms with van der Waals surface area (Å²) in [5, 5.41) is 14.0. The molecule has 2 rings (SSSR count). The summed E-state index contributed by atoms with van der Waals surface area (Å²) >= 11 is 0. The Kier molecular flexibility index (Phi) is 2.78. The largest absolute Gasteiger partial charge is 0.382 e. The second-order valence-electron chi connectivity index (χ2n) is 3.52. The van der Waals surface area contributed by atoms with Gasteiger partial charge < -0.3 is 5.32 Å². The van der Waals surface area contributed by atoms with E-state index in [-0.39, 0.29) is 10.6 Å². The zero-order chi connectivity index (χ0) is 12.4. The van der Waals surface area contributed by atoms with Gasteiger partial charge in [-0.25, -0.2) is 4.98 Å². The number of aryl methyl sites for hydroxylation is 1. The van der Waals surface area contributed by atoms with Crippen LogP contribution >= 0.6 is 0 Å². The maximum atomic E-state index is 11.1. The van der Waals surface area contributed by atoms with Gasteiger partial charge in [0.15, 0.2) is 0 Å². The summed E-state index contributed by atoms with van der Waals surface area (Å²) in [5.74, 6) is 0.710. The SMILES string of the molecule is CNc1cccc(-n2ccnc2C)c1[N+](=O)[O-]. The molecule has 0 aliphatic heterocycles. The Morgan fingerprint density at radius 1 is 1.47 bits per heavy atom. The molecule has 0 aliphatic carbocycles. The van der Waals surface area contributed by atoms with Gasteiger partial charge in [-0.05, 0) is 19.1 Å². The van der Waals surface area contributed by atoms with Crippen molar-refractivity contribution in [2.45, 2.75) is 6.92 Å². The first-order valence-electron chi connectivity index (χ1n) is 5.10. The molecule has 1 N–H and O–H groups in total. The van der Waals surface area contributed by atoms with Gasteiger partial charge in [-0.1, -0.05) is 6.07 Å². The van der Waals surface area contributed by atoms with Crippen molar-refractivity contribution in [2.24, 2.45) is 0 Å². The number of aromatic nitrogens is 2. The van der Waals surface area contributed by atoms with Gasteiger partial charge in [0.25, 0.3) is 0 Å². The quantitative estimate of drug-likeness (QED) is 0.649. The first-order chi connectivity index (χ1) is 8.15. The van der Waals surface area contributed by atoms with E-state index in [1.54, 1.807) is 49.1 Å². The maximum Gasteiger partial charge on any atom is 0.316 e. The number of anilines is 1. The van der Waals surface area contributed by atoms with Crippen molar-refractivity contribution in [3.8, 4) is 5.69 Å². The van der Waals surface area contributed by atoms with Crippen LogP contribution in [0.1, 0.15) is 5.82 Å². The molecule has 0 saturated carbocycles. The lowest BCUT2D eigenvalue weighted by atomic mass is 10.2. The van der Waals surface area contributed by atoms with Gasteiger partial charge in [-0.3, -0.25) is 14.7 Å². The molecule has 2 aromatic rings. The predicted octanol–water partition coefficient (Wildman–Crippen LogP) is 2.13. The molecule has 6 nitrogen and oxygen atoms in total. The fraction of sp³-hybridized carbons (Fsp3) is 0.182. The number of nitro groups is 1. The molecule has 0 atom stereocenters. The van der Waals surface area contributed by atoms with Crippen molar-refractivity contribution in [1.82, 2.24) is 9.55 Å². The lowest BCUT2D eigenvalue weighted by molar-refractivity contribution is -0.383. The third kappa shape index (κ3) is 1.84. The summed E-state index contributed by atoms with van der Waals surface area (Å²) in [6.45, 7) is 1.80. The number of rotatable bonds is 3. The topological polar surface area (TPSA) is 73.0 Å². The van der Waals surface area contributed by atoms with Crippen LogP contribution < -0.4 is 5.32 Å². The summed E-state index contributed by atoms with van der Waals surface area (Å²) in [5.41, 5.74) is 1.05. The number of nitrogens with one attached hydrogen (secondary N) is 1. The number of hydrogen-bond acceptors (Lipinski definition) is 4. The molecule has 0 radical (unpaired) electrons. The first-order valence-corrected chi connectivity index (χ1v) is 5.10. The second kappa shape index (κ2) is 4.25. The average molecular weight is 232 g/mol. The van der Waals surface area contributed by atoms with Crippen molar-refractivity contribution >= 4 is 11.4 Å². The van der Waals surface area contributed by atoms with Gasteiger partial charge in [0.05, 0.1) is 4.92 Å². The van der Waals surface area contributed by atoms with Crippen LogP contribution in [-0.2, 0) is 0 Å². The van der Waals surface area contributed by atoms with Gasteiger partial charge in [0, 0.05) is 19.4 Å². The van der Waals surface area contributed by atoms with Gasteiger partial charge in [-0.2, -0.15) is 0 Å².